The van der Waals surface area contributed by atoms with Crippen LogP contribution in [0.15, 0.2) is 40.9 Å². The van der Waals surface area contributed by atoms with Gasteiger partial charge in [0.05, 0.1) is 11.7 Å². The maximum atomic E-state index is 9.57. The molecule has 0 amide bonds. The first-order valence-corrected chi connectivity index (χ1v) is 12.6. The molecular formula is C28H31N5O2. The van der Waals surface area contributed by atoms with Crippen molar-refractivity contribution in [2.75, 3.05) is 19.6 Å². The molecule has 1 unspecified atom stereocenters. The molecule has 3 aliphatic rings. The smallest absolute Gasteiger partial charge is 0.258 e. The molecule has 1 aromatic heterocycles. The first kappa shape index (κ1) is 22.3. The molecule has 7 heteroatoms. The lowest BCUT2D eigenvalue weighted by atomic mass is 9.81. The minimum Gasteiger partial charge on any atom is -0.490 e. The zero-order valence-electron chi connectivity index (χ0n) is 20.4. The van der Waals surface area contributed by atoms with Crippen molar-refractivity contribution in [1.29, 1.82) is 5.26 Å². The average Bonchev–Trinajstić information content (AvgIpc) is 3.23. The SMILES string of the molecule is CC(C)Oc1ccc(-c2nc(-c3cccc4c3CCC43CCN(CC4(N)CC4)C3)no2)cc1C#N. The van der Waals surface area contributed by atoms with Gasteiger partial charge in [-0.15, -0.1) is 0 Å². The van der Waals surface area contributed by atoms with E-state index in [1.54, 1.807) is 12.1 Å². The molecule has 1 spiro atoms. The van der Waals surface area contributed by atoms with Crippen LogP contribution in [0.4, 0.5) is 0 Å². The third-order valence-corrected chi connectivity index (χ3v) is 7.84. The van der Waals surface area contributed by atoms with Gasteiger partial charge >= 0.3 is 0 Å². The second kappa shape index (κ2) is 8.18. The van der Waals surface area contributed by atoms with Crippen LogP contribution in [0.5, 0.6) is 5.75 Å². The molecule has 2 aliphatic carbocycles. The number of nitrogens with zero attached hydrogens (tertiary/aromatic N) is 4. The molecule has 180 valence electrons. The van der Waals surface area contributed by atoms with Gasteiger partial charge in [-0.3, -0.25) is 0 Å². The lowest BCUT2D eigenvalue weighted by Crippen LogP contribution is -2.39. The molecule has 2 N–H and O–H groups in total. The van der Waals surface area contributed by atoms with Crippen LogP contribution < -0.4 is 10.5 Å². The Kier molecular flexibility index (Phi) is 5.21. The highest BCUT2D eigenvalue weighted by Gasteiger charge is 2.48. The summed E-state index contributed by atoms with van der Waals surface area (Å²) in [6, 6.07) is 14.1. The Labute approximate surface area is 205 Å². The minimum atomic E-state index is -0.0106. The highest BCUT2D eigenvalue weighted by molar-refractivity contribution is 5.68. The Balaban J connectivity index is 1.27. The van der Waals surface area contributed by atoms with E-state index < -0.39 is 0 Å². The molecule has 35 heavy (non-hydrogen) atoms. The number of rotatable bonds is 6. The van der Waals surface area contributed by atoms with E-state index >= 15 is 0 Å². The monoisotopic (exact) mass is 469 g/mol. The van der Waals surface area contributed by atoms with Crippen molar-refractivity contribution in [2.45, 2.75) is 63.0 Å². The molecule has 1 aliphatic heterocycles. The summed E-state index contributed by atoms with van der Waals surface area (Å²) in [4.78, 5) is 7.30. The molecule has 2 aromatic carbocycles. The van der Waals surface area contributed by atoms with Crippen LogP contribution >= 0.6 is 0 Å². The summed E-state index contributed by atoms with van der Waals surface area (Å²) in [7, 11) is 0. The number of ether oxygens (including phenoxy) is 1. The van der Waals surface area contributed by atoms with Gasteiger partial charge in [0.2, 0.25) is 5.82 Å². The highest BCUT2D eigenvalue weighted by atomic mass is 16.5. The van der Waals surface area contributed by atoms with Crippen LogP contribution in [-0.2, 0) is 11.8 Å². The number of hydrogen-bond acceptors (Lipinski definition) is 7. The van der Waals surface area contributed by atoms with Gasteiger partial charge in [-0.25, -0.2) is 0 Å². The molecular weight excluding hydrogens is 438 g/mol. The van der Waals surface area contributed by atoms with Crippen LogP contribution in [0.1, 0.15) is 56.2 Å². The zero-order chi connectivity index (χ0) is 24.2. The maximum Gasteiger partial charge on any atom is 0.258 e. The number of nitrogens with two attached hydrogens (primary N) is 1. The first-order chi connectivity index (χ1) is 16.9. The summed E-state index contributed by atoms with van der Waals surface area (Å²) >= 11 is 0. The summed E-state index contributed by atoms with van der Waals surface area (Å²) in [5, 5.41) is 13.9. The second-order valence-electron chi connectivity index (χ2n) is 10.8. The Hall–Kier alpha value is -3.21. The fraction of sp³-hybridized carbons (Fsp3) is 0.464. The van der Waals surface area contributed by atoms with E-state index in [0.29, 0.717) is 28.6 Å². The van der Waals surface area contributed by atoms with Crippen LogP contribution in [-0.4, -0.2) is 46.3 Å². The van der Waals surface area contributed by atoms with Gasteiger partial charge in [0, 0.05) is 35.2 Å². The Morgan fingerprint density at radius 3 is 2.83 bits per heavy atom. The Morgan fingerprint density at radius 2 is 2.06 bits per heavy atom. The average molecular weight is 470 g/mol. The fourth-order valence-electron chi connectivity index (χ4n) is 5.90. The van der Waals surface area contributed by atoms with Gasteiger partial charge in [0.15, 0.2) is 0 Å². The third kappa shape index (κ3) is 4.01. The third-order valence-electron chi connectivity index (χ3n) is 7.84. The number of fused-ring (bicyclic) bond motifs is 2. The van der Waals surface area contributed by atoms with Gasteiger partial charge in [0.1, 0.15) is 11.8 Å². The van der Waals surface area contributed by atoms with Gasteiger partial charge in [0.25, 0.3) is 5.89 Å². The predicted octanol–water partition coefficient (Wildman–Crippen LogP) is 4.44. The molecule has 0 radical (unpaired) electrons. The van der Waals surface area contributed by atoms with Gasteiger partial charge < -0.3 is 19.9 Å². The number of aromatic nitrogens is 2. The van der Waals surface area contributed by atoms with E-state index in [1.807, 2.05) is 19.9 Å². The van der Waals surface area contributed by atoms with E-state index in [1.165, 1.54) is 17.5 Å². The van der Waals surface area contributed by atoms with Crippen molar-refractivity contribution >= 4 is 0 Å². The lowest BCUT2D eigenvalue weighted by Gasteiger charge is -2.27. The fourth-order valence-corrected chi connectivity index (χ4v) is 5.90. The van der Waals surface area contributed by atoms with E-state index in [9.17, 15) is 5.26 Å². The number of benzene rings is 2. The van der Waals surface area contributed by atoms with Crippen molar-refractivity contribution in [3.8, 4) is 34.7 Å². The van der Waals surface area contributed by atoms with Crippen molar-refractivity contribution < 1.29 is 9.26 Å². The topological polar surface area (TPSA) is 101 Å². The van der Waals surface area contributed by atoms with Gasteiger partial charge in [-0.2, -0.15) is 10.2 Å². The Morgan fingerprint density at radius 1 is 1.20 bits per heavy atom. The lowest BCUT2D eigenvalue weighted by molar-refractivity contribution is 0.241. The highest BCUT2D eigenvalue weighted by Crippen LogP contribution is 2.48. The zero-order valence-corrected chi connectivity index (χ0v) is 20.4. The summed E-state index contributed by atoms with van der Waals surface area (Å²) in [6.45, 7) is 7.09. The number of nitriles is 1. The van der Waals surface area contributed by atoms with Crippen molar-refractivity contribution in [3.05, 3.63) is 53.1 Å². The minimum absolute atomic E-state index is 0.0106. The molecule has 2 fully saturated rings. The summed E-state index contributed by atoms with van der Waals surface area (Å²) in [6.07, 6.45) is 5.65. The number of hydrogen-bond donors (Lipinski definition) is 1. The van der Waals surface area contributed by atoms with Crippen LogP contribution in [0.2, 0.25) is 0 Å². The summed E-state index contributed by atoms with van der Waals surface area (Å²) in [5.74, 6) is 1.57. The first-order valence-electron chi connectivity index (χ1n) is 12.6. The molecule has 7 nitrogen and oxygen atoms in total. The second-order valence-corrected chi connectivity index (χ2v) is 10.8. The normalized spacial score (nSPS) is 22.5. The molecule has 3 aromatic rings. The van der Waals surface area contributed by atoms with Crippen molar-refractivity contribution in [2.24, 2.45) is 5.73 Å². The molecule has 1 saturated heterocycles. The summed E-state index contributed by atoms with van der Waals surface area (Å²) in [5.41, 5.74) is 11.7. The van der Waals surface area contributed by atoms with Crippen LogP contribution in [0.3, 0.4) is 0 Å². The van der Waals surface area contributed by atoms with E-state index in [2.05, 4.69) is 34.3 Å². The van der Waals surface area contributed by atoms with Gasteiger partial charge in [-0.05, 0) is 81.8 Å². The van der Waals surface area contributed by atoms with E-state index in [4.69, 9.17) is 20.0 Å². The van der Waals surface area contributed by atoms with Crippen molar-refractivity contribution in [1.82, 2.24) is 15.0 Å². The largest absolute Gasteiger partial charge is 0.490 e. The van der Waals surface area contributed by atoms with Crippen LogP contribution in [0, 0.1) is 11.3 Å². The molecule has 0 bridgehead atoms. The molecule has 1 saturated carbocycles. The standard InChI is InChI=1S/C28H31N5O2/c1-18(2)34-24-7-6-19(14-20(24)15-29)26-31-25(32-35-26)22-4-3-5-23-21(22)8-9-27(23)12-13-33(16-27)17-28(30)10-11-28/h3-7,14,18H,8-13,16-17,30H2,1-2H3. The van der Waals surface area contributed by atoms with Crippen molar-refractivity contribution in [3.63, 3.8) is 0 Å². The molecule has 1 atom stereocenters. The Bertz CT molecular complexity index is 1320. The van der Waals surface area contributed by atoms with E-state index in [0.717, 1.165) is 50.9 Å². The summed E-state index contributed by atoms with van der Waals surface area (Å²) < 4.78 is 11.4. The van der Waals surface area contributed by atoms with Crippen LogP contribution in [0.25, 0.3) is 22.8 Å². The molecule has 6 rings (SSSR count). The number of likely N-dealkylation sites (tertiary alicyclic amines) is 1. The van der Waals surface area contributed by atoms with E-state index in [-0.39, 0.29) is 17.1 Å². The predicted molar refractivity (Wildman–Crippen MR) is 133 cm³/mol. The maximum absolute atomic E-state index is 9.57. The van der Waals surface area contributed by atoms with Gasteiger partial charge in [-0.1, -0.05) is 23.4 Å². The quantitative estimate of drug-likeness (QED) is 0.569. The molecule has 2 heterocycles.